The highest BCUT2D eigenvalue weighted by atomic mass is 16.2. The highest BCUT2D eigenvalue weighted by Crippen LogP contribution is 2.25. The Morgan fingerprint density at radius 1 is 1.20 bits per heavy atom. The van der Waals surface area contributed by atoms with Crippen LogP contribution in [0.1, 0.15) is 18.4 Å². The molecule has 0 N–H and O–H groups in total. The molecule has 0 saturated carbocycles. The van der Waals surface area contributed by atoms with Crippen LogP contribution >= 0.6 is 0 Å². The first-order valence-electron chi connectivity index (χ1n) is 8.73. The largest absolute Gasteiger partial charge is 0.342 e. The second kappa shape index (κ2) is 6.66. The number of aromatic nitrogens is 3. The van der Waals surface area contributed by atoms with Crippen molar-refractivity contribution in [2.75, 3.05) is 24.5 Å². The summed E-state index contributed by atoms with van der Waals surface area (Å²) in [6.45, 7) is 2.58. The first kappa shape index (κ1) is 15.8. The van der Waals surface area contributed by atoms with E-state index in [4.69, 9.17) is 0 Å². The first-order valence-corrected chi connectivity index (χ1v) is 8.73. The van der Waals surface area contributed by atoms with Crippen LogP contribution < -0.4 is 4.90 Å². The van der Waals surface area contributed by atoms with Gasteiger partial charge in [0.25, 0.3) is 0 Å². The van der Waals surface area contributed by atoms with Crippen LogP contribution in [0.2, 0.25) is 0 Å². The fourth-order valence-electron chi connectivity index (χ4n) is 3.59. The van der Waals surface area contributed by atoms with E-state index >= 15 is 0 Å². The van der Waals surface area contributed by atoms with Crippen LogP contribution in [0.15, 0.2) is 36.7 Å². The van der Waals surface area contributed by atoms with E-state index in [0.717, 1.165) is 19.4 Å². The minimum atomic E-state index is -0.286. The zero-order valence-electron chi connectivity index (χ0n) is 14.0. The molecule has 0 spiro atoms. The van der Waals surface area contributed by atoms with E-state index in [-0.39, 0.29) is 24.2 Å². The van der Waals surface area contributed by atoms with E-state index in [1.54, 1.807) is 9.58 Å². The summed E-state index contributed by atoms with van der Waals surface area (Å²) in [6, 6.07) is 10.1. The molecule has 2 amide bonds. The summed E-state index contributed by atoms with van der Waals surface area (Å²) in [5, 5.41) is 4.14. The van der Waals surface area contributed by atoms with Crippen molar-refractivity contribution in [3.05, 3.63) is 42.2 Å². The zero-order valence-corrected chi connectivity index (χ0v) is 14.0. The maximum atomic E-state index is 12.9. The smallest absolute Gasteiger partial charge is 0.234 e. The quantitative estimate of drug-likeness (QED) is 0.836. The average molecular weight is 339 g/mol. The SMILES string of the molecule is O=C1CC(C(=O)N2CCCn3ncnc32)CN1CCc1ccccc1. The fourth-order valence-corrected chi connectivity index (χ4v) is 3.59. The molecule has 1 aromatic heterocycles. The molecule has 1 unspecified atom stereocenters. The van der Waals surface area contributed by atoms with Crippen molar-refractivity contribution in [3.8, 4) is 0 Å². The summed E-state index contributed by atoms with van der Waals surface area (Å²) in [7, 11) is 0. The summed E-state index contributed by atoms with van der Waals surface area (Å²) in [6.07, 6.45) is 3.44. The highest BCUT2D eigenvalue weighted by molar-refractivity contribution is 5.98. The van der Waals surface area contributed by atoms with E-state index in [2.05, 4.69) is 22.2 Å². The molecule has 0 radical (unpaired) electrons. The lowest BCUT2D eigenvalue weighted by Gasteiger charge is -2.28. The third-order valence-electron chi connectivity index (χ3n) is 4.93. The molecule has 7 heteroatoms. The number of likely N-dealkylation sites (tertiary alicyclic amines) is 1. The number of aryl methyl sites for hydroxylation is 1. The monoisotopic (exact) mass is 339 g/mol. The van der Waals surface area contributed by atoms with Gasteiger partial charge in [0.1, 0.15) is 6.33 Å². The number of amides is 2. The number of nitrogens with zero attached hydrogens (tertiary/aromatic N) is 5. The number of hydrogen-bond acceptors (Lipinski definition) is 4. The molecule has 130 valence electrons. The minimum Gasteiger partial charge on any atom is -0.342 e. The summed E-state index contributed by atoms with van der Waals surface area (Å²) < 4.78 is 1.76. The Morgan fingerprint density at radius 2 is 2.04 bits per heavy atom. The Bertz CT molecular complexity index is 773. The molecule has 1 saturated heterocycles. The average Bonchev–Trinajstić information content (AvgIpc) is 3.26. The van der Waals surface area contributed by atoms with Gasteiger partial charge < -0.3 is 4.90 Å². The summed E-state index contributed by atoms with van der Waals surface area (Å²) in [5.41, 5.74) is 1.20. The van der Waals surface area contributed by atoms with Gasteiger partial charge in [0, 0.05) is 32.6 Å². The number of carbonyl (C=O) groups excluding carboxylic acids is 2. The third-order valence-corrected chi connectivity index (χ3v) is 4.93. The Hall–Kier alpha value is -2.70. The standard InChI is InChI=1S/C18H21N5O2/c24-16-11-15(12-21(16)10-7-14-5-2-1-3-6-14)17(25)22-8-4-9-23-18(22)19-13-20-23/h1-3,5-6,13,15H,4,7-12H2. The normalized spacial score (nSPS) is 20.0. The Balaban J connectivity index is 1.40. The van der Waals surface area contributed by atoms with Crippen LogP contribution in [0.5, 0.6) is 0 Å². The topological polar surface area (TPSA) is 71.3 Å². The molecule has 1 fully saturated rings. The van der Waals surface area contributed by atoms with Crippen molar-refractivity contribution >= 4 is 17.8 Å². The molecule has 2 aliphatic heterocycles. The fraction of sp³-hybridized carbons (Fsp3) is 0.444. The van der Waals surface area contributed by atoms with E-state index in [0.29, 0.717) is 25.6 Å². The van der Waals surface area contributed by atoms with Crippen molar-refractivity contribution < 1.29 is 9.59 Å². The predicted octanol–water partition coefficient (Wildman–Crippen LogP) is 1.11. The van der Waals surface area contributed by atoms with E-state index in [1.165, 1.54) is 11.9 Å². The molecule has 1 aromatic carbocycles. The lowest BCUT2D eigenvalue weighted by atomic mass is 10.1. The maximum absolute atomic E-state index is 12.9. The maximum Gasteiger partial charge on any atom is 0.234 e. The Morgan fingerprint density at radius 3 is 2.88 bits per heavy atom. The van der Waals surface area contributed by atoms with Gasteiger partial charge in [-0.25, -0.2) is 4.68 Å². The summed E-state index contributed by atoms with van der Waals surface area (Å²) >= 11 is 0. The van der Waals surface area contributed by atoms with Gasteiger partial charge in [-0.05, 0) is 18.4 Å². The van der Waals surface area contributed by atoms with Crippen molar-refractivity contribution in [1.82, 2.24) is 19.7 Å². The molecule has 7 nitrogen and oxygen atoms in total. The molecule has 0 bridgehead atoms. The van der Waals surface area contributed by atoms with Crippen molar-refractivity contribution in [3.63, 3.8) is 0 Å². The molecule has 2 aromatic rings. The van der Waals surface area contributed by atoms with Gasteiger partial charge in [0.05, 0.1) is 5.92 Å². The molecular formula is C18H21N5O2. The Labute approximate surface area is 146 Å². The molecule has 25 heavy (non-hydrogen) atoms. The van der Waals surface area contributed by atoms with Gasteiger partial charge >= 0.3 is 0 Å². The van der Waals surface area contributed by atoms with E-state index in [9.17, 15) is 9.59 Å². The van der Waals surface area contributed by atoms with Crippen molar-refractivity contribution in [2.45, 2.75) is 25.8 Å². The van der Waals surface area contributed by atoms with Gasteiger partial charge in [0.15, 0.2) is 0 Å². The highest BCUT2D eigenvalue weighted by Gasteiger charge is 2.38. The number of benzene rings is 1. The number of anilines is 1. The molecule has 0 aliphatic carbocycles. The van der Waals surface area contributed by atoms with Crippen LogP contribution in [0, 0.1) is 5.92 Å². The number of rotatable bonds is 4. The summed E-state index contributed by atoms with van der Waals surface area (Å²) in [4.78, 5) is 32.9. The van der Waals surface area contributed by atoms with Crippen LogP contribution in [0.3, 0.4) is 0 Å². The number of carbonyl (C=O) groups is 2. The Kier molecular flexibility index (Phi) is 4.21. The van der Waals surface area contributed by atoms with Crippen molar-refractivity contribution in [1.29, 1.82) is 0 Å². The van der Waals surface area contributed by atoms with Crippen LogP contribution in [0.25, 0.3) is 0 Å². The van der Waals surface area contributed by atoms with Crippen LogP contribution in [0.4, 0.5) is 5.95 Å². The second-order valence-corrected chi connectivity index (χ2v) is 6.60. The molecule has 3 heterocycles. The first-order chi connectivity index (χ1) is 12.2. The molecule has 2 aliphatic rings. The van der Waals surface area contributed by atoms with Gasteiger partial charge in [-0.2, -0.15) is 10.1 Å². The van der Waals surface area contributed by atoms with E-state index in [1.807, 2.05) is 23.1 Å². The lowest BCUT2D eigenvalue weighted by molar-refractivity contribution is -0.128. The van der Waals surface area contributed by atoms with Crippen molar-refractivity contribution in [2.24, 2.45) is 5.92 Å². The lowest BCUT2D eigenvalue weighted by Crippen LogP contribution is -2.42. The van der Waals surface area contributed by atoms with Gasteiger partial charge in [-0.1, -0.05) is 30.3 Å². The zero-order chi connectivity index (χ0) is 17.2. The molecular weight excluding hydrogens is 318 g/mol. The summed E-state index contributed by atoms with van der Waals surface area (Å²) in [5.74, 6) is 0.371. The number of hydrogen-bond donors (Lipinski definition) is 0. The minimum absolute atomic E-state index is 0.00971. The number of fused-ring (bicyclic) bond motifs is 1. The van der Waals surface area contributed by atoms with Gasteiger partial charge in [-0.3, -0.25) is 14.5 Å². The van der Waals surface area contributed by atoms with Gasteiger partial charge in [-0.15, -0.1) is 0 Å². The predicted molar refractivity (Wildman–Crippen MR) is 91.8 cm³/mol. The van der Waals surface area contributed by atoms with Crippen LogP contribution in [-0.4, -0.2) is 51.1 Å². The second-order valence-electron chi connectivity index (χ2n) is 6.60. The molecule has 1 atom stereocenters. The molecule has 4 rings (SSSR count). The van der Waals surface area contributed by atoms with Gasteiger partial charge in [0.2, 0.25) is 17.8 Å². The van der Waals surface area contributed by atoms with E-state index < -0.39 is 0 Å². The third kappa shape index (κ3) is 3.14. The van der Waals surface area contributed by atoms with Crippen LogP contribution in [-0.2, 0) is 22.6 Å².